The molecular weight excluding hydrogens is 367 g/mol. The van der Waals surface area contributed by atoms with Crippen molar-refractivity contribution in [3.63, 3.8) is 0 Å². The van der Waals surface area contributed by atoms with Gasteiger partial charge in [-0.1, -0.05) is 36.4 Å². The zero-order valence-electron chi connectivity index (χ0n) is 14.9. The van der Waals surface area contributed by atoms with Gasteiger partial charge in [-0.15, -0.1) is 0 Å². The van der Waals surface area contributed by atoms with Gasteiger partial charge < -0.3 is 4.57 Å². The van der Waals surface area contributed by atoms with Gasteiger partial charge in [-0.05, 0) is 29.8 Å². The first-order chi connectivity index (χ1) is 12.7. The maximum absolute atomic E-state index is 14.4. The van der Waals surface area contributed by atoms with Gasteiger partial charge in [0.15, 0.2) is 0 Å². The normalized spacial score (nSPS) is 11.4. The van der Waals surface area contributed by atoms with Crippen LogP contribution in [-0.2, 0) is 23.5 Å². The highest BCUT2D eigenvalue weighted by molar-refractivity contribution is 7.92. The third kappa shape index (κ3) is 4.43. The molecule has 0 aliphatic rings. The van der Waals surface area contributed by atoms with Crippen LogP contribution in [-0.4, -0.2) is 25.0 Å². The molecule has 0 saturated carbocycles. The van der Waals surface area contributed by atoms with E-state index in [0.717, 1.165) is 18.0 Å². The standard InChI is InChI=1S/C20H19FN2O3S/c1-23-17(10-11-19(23)20(24)14-6-4-3-5-7-14)12-15-8-9-16(13-18(15)21)22-27(2,25)26/h3-11,13,22H,12H2,1-2H3. The van der Waals surface area contributed by atoms with E-state index >= 15 is 0 Å². The number of benzene rings is 2. The number of carbonyl (C=O) groups is 1. The highest BCUT2D eigenvalue weighted by atomic mass is 32.2. The lowest BCUT2D eigenvalue weighted by Crippen LogP contribution is -2.11. The first-order valence-electron chi connectivity index (χ1n) is 8.25. The van der Waals surface area contributed by atoms with Crippen molar-refractivity contribution in [2.75, 3.05) is 11.0 Å². The summed E-state index contributed by atoms with van der Waals surface area (Å²) in [6.07, 6.45) is 1.29. The number of hydrogen-bond donors (Lipinski definition) is 1. The van der Waals surface area contributed by atoms with E-state index in [9.17, 15) is 17.6 Å². The summed E-state index contributed by atoms with van der Waals surface area (Å²) >= 11 is 0. The average Bonchev–Trinajstić information content (AvgIpc) is 2.97. The summed E-state index contributed by atoms with van der Waals surface area (Å²) in [6, 6.07) is 16.7. The molecule has 0 fully saturated rings. The minimum atomic E-state index is -3.46. The Morgan fingerprint density at radius 3 is 2.41 bits per heavy atom. The van der Waals surface area contributed by atoms with Crippen molar-refractivity contribution in [3.8, 4) is 0 Å². The first kappa shape index (κ1) is 18.8. The molecule has 0 bridgehead atoms. The number of rotatable bonds is 6. The lowest BCUT2D eigenvalue weighted by Gasteiger charge is -2.10. The number of aromatic nitrogens is 1. The predicted octanol–water partition coefficient (Wildman–Crippen LogP) is 3.36. The van der Waals surface area contributed by atoms with E-state index in [1.54, 1.807) is 48.0 Å². The Morgan fingerprint density at radius 2 is 1.78 bits per heavy atom. The summed E-state index contributed by atoms with van der Waals surface area (Å²) in [6.45, 7) is 0. The summed E-state index contributed by atoms with van der Waals surface area (Å²) in [5.74, 6) is -0.613. The molecule has 0 radical (unpaired) electrons. The highest BCUT2D eigenvalue weighted by Crippen LogP contribution is 2.20. The maximum atomic E-state index is 14.4. The van der Waals surface area contributed by atoms with E-state index in [4.69, 9.17) is 0 Å². The lowest BCUT2D eigenvalue weighted by atomic mass is 10.1. The van der Waals surface area contributed by atoms with Gasteiger partial charge >= 0.3 is 0 Å². The Hall–Kier alpha value is -2.93. The fraction of sp³-hybridized carbons (Fsp3) is 0.150. The molecule has 1 N–H and O–H groups in total. The van der Waals surface area contributed by atoms with E-state index in [0.29, 0.717) is 16.8 Å². The van der Waals surface area contributed by atoms with Crippen LogP contribution in [0, 0.1) is 5.82 Å². The number of carbonyl (C=O) groups excluding carboxylic acids is 1. The summed E-state index contributed by atoms with van der Waals surface area (Å²) in [5, 5.41) is 0. The molecule has 0 aliphatic heterocycles. The monoisotopic (exact) mass is 386 g/mol. The quantitative estimate of drug-likeness (QED) is 0.661. The van der Waals surface area contributed by atoms with Crippen LogP contribution >= 0.6 is 0 Å². The van der Waals surface area contributed by atoms with Crippen LogP contribution in [0.25, 0.3) is 0 Å². The van der Waals surface area contributed by atoms with E-state index in [-0.39, 0.29) is 17.9 Å². The molecule has 0 spiro atoms. The molecule has 3 rings (SSSR count). The van der Waals surface area contributed by atoms with Crippen LogP contribution in [0.3, 0.4) is 0 Å². The molecule has 27 heavy (non-hydrogen) atoms. The lowest BCUT2D eigenvalue weighted by molar-refractivity contribution is 0.103. The topological polar surface area (TPSA) is 68.2 Å². The predicted molar refractivity (Wildman–Crippen MR) is 103 cm³/mol. The Labute approximate surface area is 157 Å². The second-order valence-electron chi connectivity index (χ2n) is 6.32. The average molecular weight is 386 g/mol. The van der Waals surface area contributed by atoms with E-state index in [1.807, 2.05) is 6.07 Å². The van der Waals surface area contributed by atoms with Crippen LogP contribution < -0.4 is 4.72 Å². The molecule has 0 atom stereocenters. The van der Waals surface area contributed by atoms with E-state index in [1.165, 1.54) is 12.1 Å². The molecule has 0 amide bonds. The van der Waals surface area contributed by atoms with Crippen molar-refractivity contribution in [2.24, 2.45) is 7.05 Å². The summed E-state index contributed by atoms with van der Waals surface area (Å²) < 4.78 is 40.8. The maximum Gasteiger partial charge on any atom is 0.229 e. The van der Waals surface area contributed by atoms with Crippen LogP contribution in [0.4, 0.5) is 10.1 Å². The van der Waals surface area contributed by atoms with Crippen LogP contribution in [0.1, 0.15) is 27.3 Å². The molecule has 2 aromatic carbocycles. The Kier molecular flexibility index (Phi) is 5.14. The molecular formula is C20H19FN2O3S. The molecule has 7 heteroatoms. The molecule has 1 heterocycles. The second-order valence-corrected chi connectivity index (χ2v) is 8.07. The Bertz CT molecular complexity index is 1090. The van der Waals surface area contributed by atoms with Gasteiger partial charge in [0.2, 0.25) is 15.8 Å². The van der Waals surface area contributed by atoms with Gasteiger partial charge in [-0.25, -0.2) is 12.8 Å². The van der Waals surface area contributed by atoms with Gasteiger partial charge in [0.1, 0.15) is 5.82 Å². The molecule has 5 nitrogen and oxygen atoms in total. The van der Waals surface area contributed by atoms with Gasteiger partial charge in [0.05, 0.1) is 17.6 Å². The number of nitrogens with one attached hydrogen (secondary N) is 1. The number of ketones is 1. The van der Waals surface area contributed by atoms with E-state index < -0.39 is 15.8 Å². The number of halogens is 1. The number of nitrogens with zero attached hydrogens (tertiary/aromatic N) is 1. The zero-order valence-corrected chi connectivity index (χ0v) is 15.8. The third-order valence-electron chi connectivity index (χ3n) is 4.22. The fourth-order valence-corrected chi connectivity index (χ4v) is 3.41. The number of hydrogen-bond acceptors (Lipinski definition) is 3. The van der Waals surface area contributed by atoms with Gasteiger partial charge in [-0.3, -0.25) is 9.52 Å². The van der Waals surface area contributed by atoms with Crippen molar-refractivity contribution in [1.29, 1.82) is 0 Å². The van der Waals surface area contributed by atoms with Crippen LogP contribution in [0.5, 0.6) is 0 Å². The zero-order chi connectivity index (χ0) is 19.6. The number of anilines is 1. The van der Waals surface area contributed by atoms with Crippen LogP contribution in [0.2, 0.25) is 0 Å². The minimum absolute atomic E-state index is 0.0995. The van der Waals surface area contributed by atoms with E-state index in [2.05, 4.69) is 4.72 Å². The molecule has 0 aliphatic carbocycles. The largest absolute Gasteiger partial charge is 0.345 e. The first-order valence-corrected chi connectivity index (χ1v) is 10.1. The summed E-state index contributed by atoms with van der Waals surface area (Å²) in [7, 11) is -1.70. The number of sulfonamides is 1. The summed E-state index contributed by atoms with van der Waals surface area (Å²) in [4.78, 5) is 12.6. The highest BCUT2D eigenvalue weighted by Gasteiger charge is 2.16. The van der Waals surface area contributed by atoms with Gasteiger partial charge in [0, 0.05) is 24.7 Å². The minimum Gasteiger partial charge on any atom is -0.345 e. The SMILES string of the molecule is Cn1c(Cc2ccc(NS(C)(=O)=O)cc2F)ccc1C(=O)c1ccccc1. The van der Waals surface area contributed by atoms with Gasteiger partial charge in [-0.2, -0.15) is 0 Å². The Balaban J connectivity index is 1.83. The van der Waals surface area contributed by atoms with Crippen LogP contribution in [0.15, 0.2) is 60.7 Å². The van der Waals surface area contributed by atoms with Crippen molar-refractivity contribution in [3.05, 3.63) is 89.0 Å². The van der Waals surface area contributed by atoms with Crippen molar-refractivity contribution < 1.29 is 17.6 Å². The molecule has 0 unspecified atom stereocenters. The third-order valence-corrected chi connectivity index (χ3v) is 4.83. The summed E-state index contributed by atoms with van der Waals surface area (Å²) in [5.41, 5.74) is 2.47. The van der Waals surface area contributed by atoms with Gasteiger partial charge in [0.25, 0.3) is 0 Å². The Morgan fingerprint density at radius 1 is 1.07 bits per heavy atom. The smallest absolute Gasteiger partial charge is 0.229 e. The fourth-order valence-electron chi connectivity index (χ4n) is 2.86. The molecule has 3 aromatic rings. The molecule has 0 saturated heterocycles. The van der Waals surface area contributed by atoms with Crippen molar-refractivity contribution in [1.82, 2.24) is 4.57 Å². The molecule has 140 valence electrons. The van der Waals surface area contributed by atoms with Crippen molar-refractivity contribution in [2.45, 2.75) is 6.42 Å². The van der Waals surface area contributed by atoms with Crippen molar-refractivity contribution >= 4 is 21.5 Å². The second kappa shape index (κ2) is 7.36. The molecule has 1 aromatic heterocycles.